The monoisotopic (exact) mass is 1130 g/mol. The number of likely N-dealkylation sites (N-methyl/N-ethyl adjacent to an activating group) is 2. The molecule has 4 aliphatic rings. The molecule has 0 unspecified atom stereocenters. The molecule has 0 aromatic heterocycles. The van der Waals surface area contributed by atoms with Crippen molar-refractivity contribution >= 4 is 35.4 Å². The molecule has 6 atom stereocenters. The summed E-state index contributed by atoms with van der Waals surface area (Å²) in [7, 11) is 3.47. The molecule has 0 spiro atoms. The molecule has 0 aliphatic carbocycles. The first-order valence-electron chi connectivity index (χ1n) is 29.8. The number of nitrogens with zero attached hydrogens (tertiary/aromatic N) is 4. The number of carbonyl (C=O) groups is 6. The Balaban J connectivity index is 0.982. The lowest BCUT2D eigenvalue weighted by atomic mass is 9.90. The van der Waals surface area contributed by atoms with Gasteiger partial charge in [0.1, 0.15) is 23.7 Å². The van der Waals surface area contributed by atoms with Gasteiger partial charge in [-0.25, -0.2) is 8.78 Å². The maximum Gasteiger partial charge on any atom is 0.253 e. The Morgan fingerprint density at radius 1 is 0.524 bits per heavy atom. The Kier molecular flexibility index (Phi) is 22.6. The maximum absolute atomic E-state index is 14.7. The molecule has 4 saturated heterocycles. The fraction of sp³-hybridized carbons (Fsp3) is 0.531. The van der Waals surface area contributed by atoms with Gasteiger partial charge in [0.25, 0.3) is 11.8 Å². The Morgan fingerprint density at radius 3 is 1.21 bits per heavy atom. The molecule has 18 heteroatoms. The molecule has 4 aliphatic heterocycles. The molecule has 0 bridgehead atoms. The third-order valence-electron chi connectivity index (χ3n) is 17.3. The van der Waals surface area contributed by atoms with E-state index in [0.29, 0.717) is 128 Å². The summed E-state index contributed by atoms with van der Waals surface area (Å²) in [6, 6.07) is 24.2. The molecule has 4 aromatic rings. The highest BCUT2D eigenvalue weighted by atomic mass is 19.1. The first kappa shape index (κ1) is 61.5. The maximum atomic E-state index is 14.7. The number of rotatable bonds is 25. The summed E-state index contributed by atoms with van der Waals surface area (Å²) in [6.45, 7) is 8.09. The van der Waals surface area contributed by atoms with Gasteiger partial charge in [0.05, 0.1) is 12.1 Å². The first-order chi connectivity index (χ1) is 39.8. The quantitative estimate of drug-likeness (QED) is 0.0551. The smallest absolute Gasteiger partial charge is 0.253 e. The van der Waals surface area contributed by atoms with Crippen LogP contribution in [0.2, 0.25) is 0 Å². The summed E-state index contributed by atoms with van der Waals surface area (Å²) >= 11 is 0. The fourth-order valence-electron chi connectivity index (χ4n) is 12.3. The molecule has 4 fully saturated rings. The number of nitrogens with one attached hydrogen (secondary N) is 4. The van der Waals surface area contributed by atoms with Crippen LogP contribution < -0.4 is 21.3 Å². The standard InChI is InChI=1S/C64H84F2N8O8/c1-5-55(67-3)59(75)69-57(47-29-37-81-38-30-47)63(79)73-33-7-9-53(73)41-71(35-27-43-11-23-51(65)24-12-43)61(77)49-19-15-45(16-20-49)46-17-21-50(22-18-46)62(78)72(36-28-44-13-25-52(66)26-14-44)42-54-10-8-34-74(54)64(80)58(48-31-39-82-40-32-48)70-60(76)56(6-2)68-4/h11-26,47-48,53-58,67-68H,5-10,27-42H2,1-4H3,(H,69,75)(H,70,76)/t53-,54-,55-,56-,57-,58-/m0/s1. The summed E-state index contributed by atoms with van der Waals surface area (Å²) < 4.78 is 39.2. The third-order valence-corrected chi connectivity index (χ3v) is 17.3. The van der Waals surface area contributed by atoms with Gasteiger partial charge in [-0.1, -0.05) is 62.4 Å². The van der Waals surface area contributed by atoms with E-state index < -0.39 is 24.2 Å². The van der Waals surface area contributed by atoms with E-state index in [0.717, 1.165) is 35.1 Å². The predicted octanol–water partition coefficient (Wildman–Crippen LogP) is 6.80. The van der Waals surface area contributed by atoms with Crippen molar-refractivity contribution in [1.82, 2.24) is 40.9 Å². The van der Waals surface area contributed by atoms with E-state index in [1.807, 2.05) is 47.9 Å². The second-order valence-electron chi connectivity index (χ2n) is 22.4. The van der Waals surface area contributed by atoms with Crippen LogP contribution in [0.25, 0.3) is 11.1 Å². The van der Waals surface area contributed by atoms with Crippen molar-refractivity contribution in [1.29, 1.82) is 0 Å². The molecular weight excluding hydrogens is 1050 g/mol. The zero-order valence-electron chi connectivity index (χ0n) is 48.2. The zero-order valence-corrected chi connectivity index (χ0v) is 48.2. The van der Waals surface area contributed by atoms with Crippen LogP contribution in [0.1, 0.15) is 110 Å². The minimum atomic E-state index is -0.727. The van der Waals surface area contributed by atoms with Crippen LogP contribution in [0.3, 0.4) is 0 Å². The third kappa shape index (κ3) is 15.9. The lowest BCUT2D eigenvalue weighted by Gasteiger charge is -2.37. The lowest BCUT2D eigenvalue weighted by molar-refractivity contribution is -0.140. The molecular formula is C64H84F2N8O8. The van der Waals surface area contributed by atoms with Crippen molar-refractivity contribution in [3.8, 4) is 11.1 Å². The number of hydrogen-bond acceptors (Lipinski definition) is 10. The number of halogens is 2. The molecule has 4 heterocycles. The molecule has 6 amide bonds. The molecule has 82 heavy (non-hydrogen) atoms. The Hall–Kier alpha value is -6.60. The number of amides is 6. The van der Waals surface area contributed by atoms with Crippen molar-refractivity contribution in [2.75, 3.05) is 79.8 Å². The molecule has 4 N–H and O–H groups in total. The van der Waals surface area contributed by atoms with Gasteiger partial charge >= 0.3 is 0 Å². The average molecular weight is 1130 g/mol. The topological polar surface area (TPSA) is 182 Å². The number of benzene rings is 4. The van der Waals surface area contributed by atoms with Crippen LogP contribution in [0.4, 0.5) is 8.78 Å². The molecule has 0 radical (unpaired) electrons. The summed E-state index contributed by atoms with van der Waals surface area (Å²) in [5.74, 6) is -2.02. The fourth-order valence-corrected chi connectivity index (χ4v) is 12.3. The van der Waals surface area contributed by atoms with Gasteiger partial charge in [-0.05, 0) is 174 Å². The summed E-state index contributed by atoms with van der Waals surface area (Å²) in [5.41, 5.74) is 4.29. The molecule has 442 valence electrons. The van der Waals surface area contributed by atoms with Gasteiger partial charge in [0, 0.05) is 88.9 Å². The summed E-state index contributed by atoms with van der Waals surface area (Å²) in [4.78, 5) is 92.9. The van der Waals surface area contributed by atoms with Crippen molar-refractivity contribution in [2.24, 2.45) is 11.8 Å². The van der Waals surface area contributed by atoms with Crippen molar-refractivity contribution < 1.29 is 47.0 Å². The first-order valence-corrected chi connectivity index (χ1v) is 29.8. The molecule has 0 saturated carbocycles. The predicted molar refractivity (Wildman–Crippen MR) is 311 cm³/mol. The van der Waals surface area contributed by atoms with E-state index >= 15 is 0 Å². The van der Waals surface area contributed by atoms with Crippen LogP contribution >= 0.6 is 0 Å². The lowest BCUT2D eigenvalue weighted by Crippen LogP contribution is -2.58. The minimum absolute atomic E-state index is 0.0888. The largest absolute Gasteiger partial charge is 0.381 e. The average Bonchev–Trinajstić information content (AvgIpc) is 4.23. The number of ether oxygens (including phenoxy) is 2. The normalized spacial score (nSPS) is 19.2. The second kappa shape index (κ2) is 30.1. The van der Waals surface area contributed by atoms with Gasteiger partial charge in [-0.15, -0.1) is 0 Å². The molecule has 8 rings (SSSR count). The van der Waals surface area contributed by atoms with Gasteiger partial charge in [-0.3, -0.25) is 28.8 Å². The van der Waals surface area contributed by atoms with Gasteiger partial charge in [0.2, 0.25) is 23.6 Å². The van der Waals surface area contributed by atoms with Crippen LogP contribution in [0, 0.1) is 23.5 Å². The van der Waals surface area contributed by atoms with Crippen LogP contribution in [0.15, 0.2) is 97.1 Å². The highest BCUT2D eigenvalue weighted by Gasteiger charge is 2.42. The molecule has 4 aromatic carbocycles. The van der Waals surface area contributed by atoms with Crippen LogP contribution in [0.5, 0.6) is 0 Å². The zero-order chi connectivity index (χ0) is 58.1. The highest BCUT2D eigenvalue weighted by Crippen LogP contribution is 2.30. The van der Waals surface area contributed by atoms with Crippen LogP contribution in [-0.2, 0) is 41.5 Å². The van der Waals surface area contributed by atoms with Crippen molar-refractivity contribution in [2.45, 2.75) is 127 Å². The Bertz CT molecular complexity index is 2550. The highest BCUT2D eigenvalue weighted by molar-refractivity contribution is 5.96. The van der Waals surface area contributed by atoms with Crippen molar-refractivity contribution in [3.63, 3.8) is 0 Å². The van der Waals surface area contributed by atoms with Crippen LogP contribution in [-0.4, -0.2) is 171 Å². The van der Waals surface area contributed by atoms with Gasteiger partial charge in [0.15, 0.2) is 0 Å². The van der Waals surface area contributed by atoms with Gasteiger partial charge in [-0.2, -0.15) is 0 Å². The SMILES string of the molecule is CC[C@H](NC)C(=O)N[C@H](C(=O)N1CCC[C@H]1CN(CCc1ccc(F)cc1)C(=O)c1ccc(-c2ccc(C(=O)N(CCc3ccc(F)cc3)C[C@@H]3CCCN3C(=O)[C@@H](NC(=O)[C@H](CC)NC)C3CCOCC3)cc2)cc1)C1CCOCC1. The van der Waals surface area contributed by atoms with Crippen molar-refractivity contribution in [3.05, 3.63) is 131 Å². The summed E-state index contributed by atoms with van der Waals surface area (Å²) in [6.07, 6.45) is 7.53. The van der Waals surface area contributed by atoms with E-state index in [-0.39, 0.29) is 84.1 Å². The van der Waals surface area contributed by atoms with E-state index in [9.17, 15) is 37.5 Å². The van der Waals surface area contributed by atoms with E-state index in [2.05, 4.69) is 21.3 Å². The van der Waals surface area contributed by atoms with E-state index in [4.69, 9.17) is 9.47 Å². The number of likely N-dealkylation sites (tertiary alicyclic amines) is 2. The number of carbonyl (C=O) groups excluding carboxylic acids is 6. The summed E-state index contributed by atoms with van der Waals surface area (Å²) in [5, 5.41) is 12.3. The van der Waals surface area contributed by atoms with E-state index in [1.165, 1.54) is 24.3 Å². The number of hydrogen-bond donors (Lipinski definition) is 4. The van der Waals surface area contributed by atoms with Gasteiger partial charge < -0.3 is 50.3 Å². The van der Waals surface area contributed by atoms with E-state index in [1.54, 1.807) is 72.4 Å². The second-order valence-corrected chi connectivity index (χ2v) is 22.4. The minimum Gasteiger partial charge on any atom is -0.381 e. The Morgan fingerprint density at radius 2 is 0.878 bits per heavy atom. The molecule has 16 nitrogen and oxygen atoms in total. The Labute approximate surface area is 482 Å².